The summed E-state index contributed by atoms with van der Waals surface area (Å²) in [5, 5.41) is 7.11. The van der Waals surface area contributed by atoms with Crippen molar-refractivity contribution in [3.05, 3.63) is 35.2 Å². The van der Waals surface area contributed by atoms with Crippen LogP contribution in [0.15, 0.2) is 18.2 Å². The molecule has 0 radical (unpaired) electrons. The molecule has 8 heteroatoms. The van der Waals surface area contributed by atoms with Crippen LogP contribution in [0.4, 0.5) is 5.13 Å². The van der Waals surface area contributed by atoms with E-state index in [0.29, 0.717) is 27.8 Å². The molecule has 3 aromatic rings. The van der Waals surface area contributed by atoms with E-state index in [1.165, 1.54) is 11.3 Å². The molecule has 0 aliphatic heterocycles. The van der Waals surface area contributed by atoms with Gasteiger partial charge in [0.2, 0.25) is 0 Å². The molecule has 2 heterocycles. The lowest BCUT2D eigenvalue weighted by molar-refractivity contribution is -0.112. The third-order valence-corrected chi connectivity index (χ3v) is 4.69. The first-order valence-electron chi connectivity index (χ1n) is 7.21. The molecule has 0 bridgehead atoms. The first-order chi connectivity index (χ1) is 11.4. The van der Waals surface area contributed by atoms with Crippen LogP contribution in [-0.2, 0) is 11.8 Å². The van der Waals surface area contributed by atoms with Crippen molar-refractivity contribution in [2.24, 2.45) is 7.05 Å². The number of hydrogen-bond donors (Lipinski definition) is 1. The molecule has 0 saturated heterocycles. The lowest BCUT2D eigenvalue weighted by Gasteiger charge is -2.01. The van der Waals surface area contributed by atoms with E-state index in [1.807, 2.05) is 6.07 Å². The number of ketones is 1. The molecule has 3 rings (SSSR count). The Morgan fingerprint density at radius 3 is 2.67 bits per heavy atom. The van der Waals surface area contributed by atoms with Crippen LogP contribution >= 0.6 is 11.3 Å². The lowest BCUT2D eigenvalue weighted by atomic mass is 10.1. The second-order valence-electron chi connectivity index (χ2n) is 5.31. The van der Waals surface area contributed by atoms with Crippen LogP contribution in [-0.4, -0.2) is 33.6 Å². The van der Waals surface area contributed by atoms with Gasteiger partial charge in [0.1, 0.15) is 5.75 Å². The number of ether oxygens (including phenoxy) is 1. The first-order valence-corrected chi connectivity index (χ1v) is 8.03. The van der Waals surface area contributed by atoms with Gasteiger partial charge in [-0.15, -0.1) is 0 Å². The van der Waals surface area contributed by atoms with Crippen molar-refractivity contribution in [1.29, 1.82) is 0 Å². The highest BCUT2D eigenvalue weighted by Crippen LogP contribution is 2.29. The Balaban J connectivity index is 1.85. The number of thiazole rings is 1. The van der Waals surface area contributed by atoms with E-state index in [1.54, 1.807) is 44.8 Å². The van der Waals surface area contributed by atoms with E-state index >= 15 is 0 Å². The van der Waals surface area contributed by atoms with Crippen molar-refractivity contribution in [3.8, 4) is 5.75 Å². The van der Waals surface area contributed by atoms with Crippen LogP contribution in [0.3, 0.4) is 0 Å². The predicted molar refractivity (Wildman–Crippen MR) is 91.8 cm³/mol. The van der Waals surface area contributed by atoms with Gasteiger partial charge in [0.05, 0.1) is 28.6 Å². The largest absolute Gasteiger partial charge is 0.497 e. The quantitative estimate of drug-likeness (QED) is 0.580. The number of amides is 1. The third kappa shape index (κ3) is 2.76. The van der Waals surface area contributed by atoms with E-state index < -0.39 is 11.7 Å². The van der Waals surface area contributed by atoms with Crippen molar-refractivity contribution in [3.63, 3.8) is 0 Å². The number of rotatable bonds is 4. The summed E-state index contributed by atoms with van der Waals surface area (Å²) in [5.41, 5.74) is 2.25. The highest BCUT2D eigenvalue weighted by atomic mass is 32.1. The van der Waals surface area contributed by atoms with Crippen LogP contribution in [0.25, 0.3) is 10.2 Å². The fraction of sp³-hybridized carbons (Fsp3) is 0.250. The number of aryl methyl sites for hydroxylation is 2. The third-order valence-electron chi connectivity index (χ3n) is 3.76. The smallest absolute Gasteiger partial charge is 0.298 e. The Labute approximate surface area is 142 Å². The van der Waals surface area contributed by atoms with E-state index in [9.17, 15) is 9.59 Å². The van der Waals surface area contributed by atoms with Gasteiger partial charge < -0.3 is 4.74 Å². The molecule has 7 nitrogen and oxygen atoms in total. The first kappa shape index (κ1) is 16.1. The Morgan fingerprint density at radius 2 is 2.04 bits per heavy atom. The fourth-order valence-electron chi connectivity index (χ4n) is 2.46. The SMILES string of the molecule is COc1ccc2nc(NC(=O)C(=O)c3c(C)nn(C)c3C)sc2c1. The minimum atomic E-state index is -0.722. The van der Waals surface area contributed by atoms with Crippen molar-refractivity contribution < 1.29 is 14.3 Å². The Morgan fingerprint density at radius 1 is 1.29 bits per heavy atom. The summed E-state index contributed by atoms with van der Waals surface area (Å²) in [6.45, 7) is 3.46. The summed E-state index contributed by atoms with van der Waals surface area (Å²) in [6, 6.07) is 5.43. The summed E-state index contributed by atoms with van der Waals surface area (Å²) in [5.74, 6) is -0.628. The van der Waals surface area contributed by atoms with Gasteiger partial charge in [-0.2, -0.15) is 5.10 Å². The maximum Gasteiger partial charge on any atom is 0.298 e. The van der Waals surface area contributed by atoms with Gasteiger partial charge in [0.15, 0.2) is 5.13 Å². The Hall–Kier alpha value is -2.74. The Bertz CT molecular complexity index is 958. The normalized spacial score (nSPS) is 10.8. The van der Waals surface area contributed by atoms with Crippen molar-refractivity contribution >= 4 is 38.4 Å². The zero-order valence-corrected chi connectivity index (χ0v) is 14.5. The standard InChI is InChI=1S/C16H16N4O3S/c1-8-13(9(2)20(3)19-8)14(21)15(22)18-16-17-11-6-5-10(23-4)7-12(11)24-16/h5-7H,1-4H3,(H,17,18,22). The molecule has 24 heavy (non-hydrogen) atoms. The van der Waals surface area contributed by atoms with E-state index in [2.05, 4.69) is 15.4 Å². The summed E-state index contributed by atoms with van der Waals surface area (Å²) < 4.78 is 7.62. The zero-order chi connectivity index (χ0) is 17.4. The molecule has 0 aliphatic rings. The van der Waals surface area contributed by atoms with E-state index in [4.69, 9.17) is 4.74 Å². The number of aromatic nitrogens is 3. The molecule has 2 aromatic heterocycles. The molecular weight excluding hydrogens is 328 g/mol. The van der Waals surface area contributed by atoms with Crippen molar-refractivity contribution in [2.75, 3.05) is 12.4 Å². The second kappa shape index (κ2) is 6.04. The second-order valence-corrected chi connectivity index (χ2v) is 6.34. The average molecular weight is 344 g/mol. The molecule has 1 aromatic carbocycles. The maximum absolute atomic E-state index is 12.4. The molecule has 124 valence electrons. The summed E-state index contributed by atoms with van der Waals surface area (Å²) in [7, 11) is 3.32. The van der Waals surface area contributed by atoms with Gasteiger partial charge >= 0.3 is 0 Å². The molecule has 0 unspecified atom stereocenters. The number of carbonyl (C=O) groups is 2. The van der Waals surface area contributed by atoms with Crippen LogP contribution in [0, 0.1) is 13.8 Å². The van der Waals surface area contributed by atoms with Gasteiger partial charge in [0.25, 0.3) is 11.7 Å². The van der Waals surface area contributed by atoms with E-state index in [0.717, 1.165) is 10.2 Å². The number of methoxy groups -OCH3 is 1. The summed E-state index contributed by atoms with van der Waals surface area (Å²) >= 11 is 1.29. The summed E-state index contributed by atoms with van der Waals surface area (Å²) in [4.78, 5) is 29.0. The number of fused-ring (bicyclic) bond motifs is 1. The van der Waals surface area contributed by atoms with Crippen molar-refractivity contribution in [2.45, 2.75) is 13.8 Å². The lowest BCUT2D eigenvalue weighted by Crippen LogP contribution is -2.23. The van der Waals surface area contributed by atoms with Gasteiger partial charge in [0, 0.05) is 12.7 Å². The molecule has 0 fully saturated rings. The fourth-order valence-corrected chi connectivity index (χ4v) is 3.34. The molecule has 0 spiro atoms. The highest BCUT2D eigenvalue weighted by Gasteiger charge is 2.24. The van der Waals surface area contributed by atoms with Crippen LogP contribution in [0.5, 0.6) is 5.75 Å². The molecule has 1 N–H and O–H groups in total. The molecule has 0 saturated carbocycles. The van der Waals surface area contributed by atoms with Gasteiger partial charge in [-0.1, -0.05) is 11.3 Å². The maximum atomic E-state index is 12.4. The number of nitrogens with zero attached hydrogens (tertiary/aromatic N) is 3. The number of benzene rings is 1. The number of Topliss-reactive ketones (excluding diaryl/α,β-unsaturated/α-hetero) is 1. The van der Waals surface area contributed by atoms with Crippen LogP contribution in [0.2, 0.25) is 0 Å². The van der Waals surface area contributed by atoms with E-state index in [-0.39, 0.29) is 0 Å². The number of anilines is 1. The number of hydrogen-bond acceptors (Lipinski definition) is 6. The van der Waals surface area contributed by atoms with Gasteiger partial charge in [-0.05, 0) is 32.0 Å². The minimum absolute atomic E-state index is 0.331. The minimum Gasteiger partial charge on any atom is -0.497 e. The van der Waals surface area contributed by atoms with Gasteiger partial charge in [-0.25, -0.2) is 4.98 Å². The Kier molecular flexibility index (Phi) is 4.06. The summed E-state index contributed by atoms with van der Waals surface area (Å²) in [6.07, 6.45) is 0. The molecule has 0 atom stereocenters. The number of nitrogens with one attached hydrogen (secondary N) is 1. The van der Waals surface area contributed by atoms with Gasteiger partial charge in [-0.3, -0.25) is 19.6 Å². The average Bonchev–Trinajstić information content (AvgIpc) is 3.06. The molecule has 0 aliphatic carbocycles. The zero-order valence-electron chi connectivity index (χ0n) is 13.7. The monoisotopic (exact) mass is 344 g/mol. The predicted octanol–water partition coefficient (Wildman–Crippen LogP) is 2.48. The van der Waals surface area contributed by atoms with Crippen molar-refractivity contribution in [1.82, 2.24) is 14.8 Å². The number of carbonyl (C=O) groups excluding carboxylic acids is 2. The van der Waals surface area contributed by atoms with Crippen LogP contribution < -0.4 is 10.1 Å². The molecular formula is C16H16N4O3S. The molecule has 1 amide bonds. The highest BCUT2D eigenvalue weighted by molar-refractivity contribution is 7.22. The van der Waals surface area contributed by atoms with Crippen LogP contribution in [0.1, 0.15) is 21.7 Å². The topological polar surface area (TPSA) is 86.1 Å².